The van der Waals surface area contributed by atoms with Crippen LogP contribution in [0.4, 0.5) is 0 Å². The summed E-state index contributed by atoms with van der Waals surface area (Å²) in [4.78, 5) is 12.0. The summed E-state index contributed by atoms with van der Waals surface area (Å²) in [5.41, 5.74) is 0. The molecule has 216 valence electrons. The van der Waals surface area contributed by atoms with Gasteiger partial charge in [0, 0.05) is 13.0 Å². The molecule has 0 aromatic heterocycles. The van der Waals surface area contributed by atoms with Gasteiger partial charge in [0.15, 0.2) is 0 Å². The van der Waals surface area contributed by atoms with Crippen molar-refractivity contribution in [2.24, 2.45) is 0 Å². The van der Waals surface area contributed by atoms with Crippen molar-refractivity contribution < 1.29 is 4.79 Å². The van der Waals surface area contributed by atoms with Crippen molar-refractivity contribution in [1.29, 1.82) is 0 Å². The molecule has 36 heavy (non-hydrogen) atoms. The van der Waals surface area contributed by atoms with Gasteiger partial charge in [-0.1, -0.05) is 187 Å². The largest absolute Gasteiger partial charge is 0.356 e. The van der Waals surface area contributed by atoms with E-state index in [1.165, 1.54) is 173 Å². The molecule has 0 atom stereocenters. The molecule has 0 aromatic rings. The minimum atomic E-state index is 0.277. The molecule has 0 bridgehead atoms. The summed E-state index contributed by atoms with van der Waals surface area (Å²) in [7, 11) is 0. The molecule has 0 rings (SSSR count). The molecule has 0 saturated heterocycles. The Bertz CT molecular complexity index is 408. The van der Waals surface area contributed by atoms with Crippen LogP contribution in [0.1, 0.15) is 206 Å². The fourth-order valence-corrected chi connectivity index (χ4v) is 5.29. The normalized spacial score (nSPS) is 11.3. The zero-order valence-corrected chi connectivity index (χ0v) is 25.3. The lowest BCUT2D eigenvalue weighted by molar-refractivity contribution is -0.121. The molecule has 2 nitrogen and oxygen atoms in total. The SMILES string of the molecule is CCCCCCCCCCCCCCCCCCNC(=O)CCCCCCCCCCCCCCC. The van der Waals surface area contributed by atoms with Crippen LogP contribution in [-0.4, -0.2) is 12.5 Å². The van der Waals surface area contributed by atoms with E-state index in [0.29, 0.717) is 0 Å². The van der Waals surface area contributed by atoms with E-state index in [4.69, 9.17) is 0 Å². The van der Waals surface area contributed by atoms with Crippen LogP contribution in [0.5, 0.6) is 0 Å². The van der Waals surface area contributed by atoms with Crippen LogP contribution in [0.25, 0.3) is 0 Å². The third-order valence-corrected chi connectivity index (χ3v) is 7.86. The number of hydrogen-bond acceptors (Lipinski definition) is 1. The Morgan fingerprint density at radius 1 is 0.361 bits per heavy atom. The van der Waals surface area contributed by atoms with Crippen molar-refractivity contribution in [1.82, 2.24) is 5.32 Å². The molecule has 0 saturated carbocycles. The highest BCUT2D eigenvalue weighted by molar-refractivity contribution is 5.75. The third-order valence-electron chi connectivity index (χ3n) is 7.86. The van der Waals surface area contributed by atoms with Gasteiger partial charge in [-0.25, -0.2) is 0 Å². The van der Waals surface area contributed by atoms with Crippen LogP contribution in [-0.2, 0) is 4.79 Å². The lowest BCUT2D eigenvalue weighted by Crippen LogP contribution is -2.23. The molecule has 0 heterocycles. The van der Waals surface area contributed by atoms with Crippen LogP contribution in [0.3, 0.4) is 0 Å². The number of rotatable bonds is 31. The van der Waals surface area contributed by atoms with Gasteiger partial charge in [-0.3, -0.25) is 4.79 Å². The van der Waals surface area contributed by atoms with Crippen molar-refractivity contribution in [2.75, 3.05) is 6.54 Å². The maximum absolute atomic E-state index is 12.0. The van der Waals surface area contributed by atoms with Gasteiger partial charge in [0.1, 0.15) is 0 Å². The van der Waals surface area contributed by atoms with E-state index in [1.807, 2.05) is 0 Å². The van der Waals surface area contributed by atoms with E-state index in [1.54, 1.807) is 0 Å². The number of unbranched alkanes of at least 4 members (excludes halogenated alkanes) is 27. The number of nitrogens with one attached hydrogen (secondary N) is 1. The molecule has 0 aromatic carbocycles. The van der Waals surface area contributed by atoms with Gasteiger partial charge in [0.25, 0.3) is 0 Å². The van der Waals surface area contributed by atoms with Gasteiger partial charge in [-0.05, 0) is 12.8 Å². The minimum absolute atomic E-state index is 0.277. The second-order valence-corrected chi connectivity index (χ2v) is 11.6. The molecule has 0 fully saturated rings. The van der Waals surface area contributed by atoms with E-state index < -0.39 is 0 Å². The molecular formula is C34H69NO. The summed E-state index contributed by atoms with van der Waals surface area (Å²) >= 11 is 0. The van der Waals surface area contributed by atoms with Gasteiger partial charge in [-0.15, -0.1) is 0 Å². The van der Waals surface area contributed by atoms with Gasteiger partial charge in [0.2, 0.25) is 5.91 Å². The average Bonchev–Trinajstić information content (AvgIpc) is 2.88. The lowest BCUT2D eigenvalue weighted by atomic mass is 10.0. The van der Waals surface area contributed by atoms with Crippen molar-refractivity contribution in [3.63, 3.8) is 0 Å². The van der Waals surface area contributed by atoms with E-state index in [0.717, 1.165) is 25.8 Å². The summed E-state index contributed by atoms with van der Waals surface area (Å²) < 4.78 is 0. The molecular weight excluding hydrogens is 438 g/mol. The fourth-order valence-electron chi connectivity index (χ4n) is 5.29. The van der Waals surface area contributed by atoms with Crippen molar-refractivity contribution >= 4 is 5.91 Å². The summed E-state index contributed by atoms with van der Waals surface area (Å²) in [6.45, 7) is 5.46. The summed E-state index contributed by atoms with van der Waals surface area (Å²) in [5.74, 6) is 0.277. The quantitative estimate of drug-likeness (QED) is 0.0928. The standard InChI is InChI=1S/C34H69NO/c1-3-5-7-9-11-13-15-17-18-19-21-23-25-27-29-31-33-35-34(36)32-30-28-26-24-22-20-16-14-12-10-8-6-4-2/h3-33H2,1-2H3,(H,35,36). The second kappa shape index (κ2) is 32.5. The Kier molecular flexibility index (Phi) is 32.0. The van der Waals surface area contributed by atoms with Gasteiger partial charge in [-0.2, -0.15) is 0 Å². The molecule has 0 unspecified atom stereocenters. The highest BCUT2D eigenvalue weighted by atomic mass is 16.1. The first-order valence-corrected chi connectivity index (χ1v) is 17.1. The maximum atomic E-state index is 12.0. The van der Waals surface area contributed by atoms with Crippen molar-refractivity contribution in [2.45, 2.75) is 206 Å². The highest BCUT2D eigenvalue weighted by Crippen LogP contribution is 2.14. The average molecular weight is 508 g/mol. The first kappa shape index (κ1) is 35.5. The predicted octanol–water partition coefficient (Wildman–Crippen LogP) is 11.8. The Balaban J connectivity index is 3.13. The van der Waals surface area contributed by atoms with E-state index in [-0.39, 0.29) is 5.91 Å². The molecule has 2 heteroatoms. The molecule has 0 aliphatic rings. The number of carbonyl (C=O) groups excluding carboxylic acids is 1. The maximum Gasteiger partial charge on any atom is 0.219 e. The highest BCUT2D eigenvalue weighted by Gasteiger charge is 2.01. The van der Waals surface area contributed by atoms with Crippen LogP contribution >= 0.6 is 0 Å². The molecule has 0 spiro atoms. The Hall–Kier alpha value is -0.530. The van der Waals surface area contributed by atoms with E-state index >= 15 is 0 Å². The van der Waals surface area contributed by atoms with Crippen LogP contribution in [0, 0.1) is 0 Å². The van der Waals surface area contributed by atoms with Gasteiger partial charge in [0.05, 0.1) is 0 Å². The summed E-state index contributed by atoms with van der Waals surface area (Å²) in [6.07, 6.45) is 40.8. The fraction of sp³-hybridized carbons (Fsp3) is 0.971. The summed E-state index contributed by atoms with van der Waals surface area (Å²) in [5, 5.41) is 3.14. The molecule has 0 aliphatic carbocycles. The Morgan fingerprint density at radius 3 is 0.917 bits per heavy atom. The first-order chi connectivity index (χ1) is 17.8. The summed E-state index contributed by atoms with van der Waals surface area (Å²) in [6, 6.07) is 0. The van der Waals surface area contributed by atoms with Gasteiger partial charge >= 0.3 is 0 Å². The zero-order chi connectivity index (χ0) is 26.2. The van der Waals surface area contributed by atoms with E-state index in [2.05, 4.69) is 19.2 Å². The molecule has 1 N–H and O–H groups in total. The number of hydrogen-bond donors (Lipinski definition) is 1. The third kappa shape index (κ3) is 31.5. The monoisotopic (exact) mass is 508 g/mol. The van der Waals surface area contributed by atoms with Crippen LogP contribution in [0.2, 0.25) is 0 Å². The van der Waals surface area contributed by atoms with Crippen LogP contribution in [0.15, 0.2) is 0 Å². The number of carbonyl (C=O) groups is 1. The lowest BCUT2D eigenvalue weighted by Gasteiger charge is -2.06. The Labute approximate surface area is 228 Å². The van der Waals surface area contributed by atoms with Gasteiger partial charge < -0.3 is 5.32 Å². The molecule has 0 aliphatic heterocycles. The number of amides is 1. The predicted molar refractivity (Wildman–Crippen MR) is 163 cm³/mol. The van der Waals surface area contributed by atoms with Crippen molar-refractivity contribution in [3.05, 3.63) is 0 Å². The smallest absolute Gasteiger partial charge is 0.219 e. The molecule has 0 radical (unpaired) electrons. The minimum Gasteiger partial charge on any atom is -0.356 e. The first-order valence-electron chi connectivity index (χ1n) is 17.1. The molecule has 1 amide bonds. The van der Waals surface area contributed by atoms with Crippen molar-refractivity contribution in [3.8, 4) is 0 Å². The van der Waals surface area contributed by atoms with Crippen LogP contribution < -0.4 is 5.32 Å². The topological polar surface area (TPSA) is 29.1 Å². The second-order valence-electron chi connectivity index (χ2n) is 11.6. The Morgan fingerprint density at radius 2 is 0.611 bits per heavy atom. The van der Waals surface area contributed by atoms with E-state index in [9.17, 15) is 4.79 Å². The zero-order valence-electron chi connectivity index (χ0n) is 25.3.